The molecule has 0 spiro atoms. The summed E-state index contributed by atoms with van der Waals surface area (Å²) in [6.07, 6.45) is 6.70. The van der Waals surface area contributed by atoms with Crippen LogP contribution in [0.25, 0.3) is 0 Å². The van der Waals surface area contributed by atoms with E-state index in [9.17, 15) is 19.2 Å². The number of amides is 4. The number of carbonyl (C=O) groups excluding carboxylic acids is 4. The predicted octanol–water partition coefficient (Wildman–Crippen LogP) is 3.37. The minimum atomic E-state index is -0.241. The second-order valence-corrected chi connectivity index (χ2v) is 9.75. The molecule has 1 aromatic carbocycles. The molecule has 2 aliphatic carbocycles. The SMILES string of the molecule is CC1=CCC2C(=O)N(Cc3cccc(CN4C(=O)C5CC=C(C)CC5C4=O)c3)C(=O)C2C1. The molecule has 0 aromatic heterocycles. The minimum absolute atomic E-state index is 0.0882. The molecule has 2 fully saturated rings. The van der Waals surface area contributed by atoms with E-state index in [1.807, 2.05) is 38.1 Å². The predicted molar refractivity (Wildman–Crippen MR) is 117 cm³/mol. The molecule has 1 aromatic rings. The molecule has 32 heavy (non-hydrogen) atoms. The summed E-state index contributed by atoms with van der Waals surface area (Å²) >= 11 is 0. The van der Waals surface area contributed by atoms with Crippen molar-refractivity contribution in [3.05, 3.63) is 58.7 Å². The van der Waals surface area contributed by atoms with Gasteiger partial charge in [-0.25, -0.2) is 0 Å². The Morgan fingerprint density at radius 1 is 0.688 bits per heavy atom. The second-order valence-electron chi connectivity index (χ2n) is 9.75. The number of fused-ring (bicyclic) bond motifs is 2. The molecule has 6 nitrogen and oxygen atoms in total. The van der Waals surface area contributed by atoms with E-state index >= 15 is 0 Å². The number of imide groups is 2. The molecule has 4 amide bonds. The molecule has 2 heterocycles. The lowest BCUT2D eigenvalue weighted by atomic mass is 9.82. The van der Waals surface area contributed by atoms with Crippen molar-refractivity contribution in [2.45, 2.75) is 52.6 Å². The number of allylic oxidation sites excluding steroid dienone is 4. The van der Waals surface area contributed by atoms with Crippen LogP contribution >= 0.6 is 0 Å². The standard InChI is InChI=1S/C26H28N2O4/c1-15-6-8-19-21(10-15)25(31)27(23(19)29)13-17-4-3-5-18(12-17)14-28-24(30)20-9-7-16(2)11-22(20)26(28)32/h3-7,12,19-22H,8-11,13-14H2,1-2H3. The van der Waals surface area contributed by atoms with E-state index < -0.39 is 0 Å². The summed E-state index contributed by atoms with van der Waals surface area (Å²) in [7, 11) is 0. The van der Waals surface area contributed by atoms with Crippen LogP contribution in [0, 0.1) is 23.7 Å². The summed E-state index contributed by atoms with van der Waals surface area (Å²) in [5.41, 5.74) is 4.01. The molecule has 2 aliphatic heterocycles. The van der Waals surface area contributed by atoms with Crippen LogP contribution in [0.5, 0.6) is 0 Å². The Morgan fingerprint density at radius 2 is 1.09 bits per heavy atom. The van der Waals surface area contributed by atoms with E-state index in [2.05, 4.69) is 12.2 Å². The zero-order valence-corrected chi connectivity index (χ0v) is 18.5. The van der Waals surface area contributed by atoms with Crippen molar-refractivity contribution >= 4 is 23.6 Å². The number of hydrogen-bond donors (Lipinski definition) is 0. The first-order valence-corrected chi connectivity index (χ1v) is 11.4. The van der Waals surface area contributed by atoms with E-state index in [1.165, 1.54) is 20.9 Å². The lowest BCUT2D eigenvalue weighted by molar-refractivity contribution is -0.142. The van der Waals surface area contributed by atoms with Gasteiger partial charge in [-0.1, -0.05) is 47.6 Å². The Morgan fingerprint density at radius 3 is 1.53 bits per heavy atom. The Kier molecular flexibility index (Phi) is 5.11. The van der Waals surface area contributed by atoms with Crippen molar-refractivity contribution in [3.8, 4) is 0 Å². The number of nitrogens with zero attached hydrogens (tertiary/aromatic N) is 2. The van der Waals surface area contributed by atoms with Crippen LogP contribution in [0.2, 0.25) is 0 Å². The van der Waals surface area contributed by atoms with Crippen molar-refractivity contribution in [2.75, 3.05) is 0 Å². The van der Waals surface area contributed by atoms with Crippen molar-refractivity contribution in [3.63, 3.8) is 0 Å². The zero-order valence-electron chi connectivity index (χ0n) is 18.5. The van der Waals surface area contributed by atoms with Crippen LogP contribution in [-0.4, -0.2) is 33.4 Å². The Balaban J connectivity index is 1.30. The quantitative estimate of drug-likeness (QED) is 0.540. The van der Waals surface area contributed by atoms with Crippen LogP contribution in [0.1, 0.15) is 50.7 Å². The van der Waals surface area contributed by atoms with Gasteiger partial charge in [0.05, 0.1) is 36.8 Å². The lowest BCUT2D eigenvalue weighted by Crippen LogP contribution is -2.31. The molecule has 5 rings (SSSR count). The summed E-state index contributed by atoms with van der Waals surface area (Å²) < 4.78 is 0. The Labute approximate surface area is 187 Å². The minimum Gasteiger partial charge on any atom is -0.278 e. The van der Waals surface area contributed by atoms with Crippen LogP contribution in [0.4, 0.5) is 0 Å². The zero-order chi connectivity index (χ0) is 22.6. The topological polar surface area (TPSA) is 74.8 Å². The first kappa shape index (κ1) is 20.9. The van der Waals surface area contributed by atoms with Gasteiger partial charge in [-0.15, -0.1) is 0 Å². The summed E-state index contributed by atoms with van der Waals surface area (Å²) in [4.78, 5) is 54.3. The van der Waals surface area contributed by atoms with Gasteiger partial charge in [-0.3, -0.25) is 29.0 Å². The van der Waals surface area contributed by atoms with Crippen LogP contribution in [0.3, 0.4) is 0 Å². The van der Waals surface area contributed by atoms with E-state index in [0.717, 1.165) is 11.1 Å². The highest BCUT2D eigenvalue weighted by Crippen LogP contribution is 2.39. The molecular weight excluding hydrogens is 404 g/mol. The van der Waals surface area contributed by atoms with Gasteiger partial charge >= 0.3 is 0 Å². The largest absolute Gasteiger partial charge is 0.278 e. The van der Waals surface area contributed by atoms with Crippen molar-refractivity contribution < 1.29 is 19.2 Å². The molecule has 4 atom stereocenters. The maximum Gasteiger partial charge on any atom is 0.233 e. The summed E-state index contributed by atoms with van der Waals surface area (Å²) in [5, 5.41) is 0. The maximum absolute atomic E-state index is 12.9. The van der Waals surface area contributed by atoms with Gasteiger partial charge in [-0.05, 0) is 50.7 Å². The number of likely N-dealkylation sites (tertiary alicyclic amines) is 2. The highest BCUT2D eigenvalue weighted by Gasteiger charge is 2.49. The van der Waals surface area contributed by atoms with Gasteiger partial charge in [0.25, 0.3) is 0 Å². The molecule has 0 radical (unpaired) electrons. The van der Waals surface area contributed by atoms with Crippen LogP contribution < -0.4 is 0 Å². The smallest absolute Gasteiger partial charge is 0.233 e. The van der Waals surface area contributed by atoms with Gasteiger partial charge in [0.15, 0.2) is 0 Å². The molecular formula is C26H28N2O4. The van der Waals surface area contributed by atoms with Gasteiger partial charge in [0.1, 0.15) is 0 Å². The summed E-state index contributed by atoms with van der Waals surface area (Å²) in [5.74, 6) is -1.32. The van der Waals surface area contributed by atoms with Crippen molar-refractivity contribution in [1.29, 1.82) is 0 Å². The fourth-order valence-electron chi connectivity index (χ4n) is 5.72. The maximum atomic E-state index is 12.9. The van der Waals surface area contributed by atoms with E-state index in [4.69, 9.17) is 0 Å². The van der Waals surface area contributed by atoms with E-state index in [-0.39, 0.29) is 60.4 Å². The molecule has 2 saturated heterocycles. The first-order chi connectivity index (χ1) is 15.3. The van der Waals surface area contributed by atoms with Gasteiger partial charge in [0, 0.05) is 0 Å². The third-order valence-electron chi connectivity index (χ3n) is 7.50. The van der Waals surface area contributed by atoms with Crippen molar-refractivity contribution in [1.82, 2.24) is 9.80 Å². The van der Waals surface area contributed by atoms with Gasteiger partial charge < -0.3 is 0 Å². The summed E-state index contributed by atoms with van der Waals surface area (Å²) in [6, 6.07) is 7.53. The van der Waals surface area contributed by atoms with Crippen molar-refractivity contribution in [2.24, 2.45) is 23.7 Å². The monoisotopic (exact) mass is 432 g/mol. The molecule has 4 aliphatic rings. The molecule has 0 N–H and O–H groups in total. The number of benzene rings is 1. The average molecular weight is 433 g/mol. The number of hydrogen-bond acceptors (Lipinski definition) is 4. The average Bonchev–Trinajstić information content (AvgIpc) is 3.14. The molecule has 0 saturated carbocycles. The molecule has 0 bridgehead atoms. The molecule has 4 unspecified atom stereocenters. The fraction of sp³-hybridized carbons (Fsp3) is 0.462. The third kappa shape index (κ3) is 3.42. The highest BCUT2D eigenvalue weighted by molar-refractivity contribution is 6.06. The van der Waals surface area contributed by atoms with Gasteiger partial charge in [0.2, 0.25) is 23.6 Å². The molecule has 166 valence electrons. The van der Waals surface area contributed by atoms with E-state index in [0.29, 0.717) is 25.7 Å². The fourth-order valence-corrected chi connectivity index (χ4v) is 5.72. The normalized spacial score (nSPS) is 29.8. The summed E-state index contributed by atoms with van der Waals surface area (Å²) in [6.45, 7) is 4.48. The lowest BCUT2D eigenvalue weighted by Gasteiger charge is -2.19. The number of rotatable bonds is 4. The second kappa shape index (κ2) is 7.84. The Hall–Kier alpha value is -3.02. The van der Waals surface area contributed by atoms with Crippen LogP contribution in [-0.2, 0) is 32.3 Å². The Bertz CT molecular complexity index is 1000. The van der Waals surface area contributed by atoms with E-state index in [1.54, 1.807) is 0 Å². The number of carbonyl (C=O) groups is 4. The third-order valence-corrected chi connectivity index (χ3v) is 7.50. The van der Waals surface area contributed by atoms with Gasteiger partial charge in [-0.2, -0.15) is 0 Å². The first-order valence-electron chi connectivity index (χ1n) is 11.4. The van der Waals surface area contributed by atoms with Crippen LogP contribution in [0.15, 0.2) is 47.6 Å². The highest BCUT2D eigenvalue weighted by atomic mass is 16.2. The molecule has 6 heteroatoms.